The molecule has 0 N–H and O–H groups in total. The normalized spacial score (nSPS) is 11.1. The molecule has 0 amide bonds. The average molecular weight is 373 g/mol. The monoisotopic (exact) mass is 372 g/mol. The average Bonchev–Trinajstić information content (AvgIpc) is 3.28. The molecule has 0 radical (unpaired) electrons. The smallest absolute Gasteiger partial charge is 0.195 e. The highest BCUT2D eigenvalue weighted by molar-refractivity contribution is 7.14. The van der Waals surface area contributed by atoms with Crippen molar-refractivity contribution in [3.05, 3.63) is 80.9 Å². The number of benzene rings is 1. The molecular weight excluding hydrogens is 356 g/mol. The molecule has 0 saturated heterocycles. The van der Waals surface area contributed by atoms with Crippen LogP contribution in [0, 0.1) is 0 Å². The van der Waals surface area contributed by atoms with Gasteiger partial charge < -0.3 is 9.15 Å². The first-order chi connectivity index (χ1) is 12.2. The van der Waals surface area contributed by atoms with Crippen molar-refractivity contribution in [3.8, 4) is 5.75 Å². The number of carbonyl (C=O) groups excluding carboxylic acids is 1. The molecule has 3 nitrogen and oxygen atoms in total. The highest BCUT2D eigenvalue weighted by Crippen LogP contribution is 2.24. The van der Waals surface area contributed by atoms with Crippen LogP contribution in [0.15, 0.2) is 59.0 Å². The molecule has 25 heavy (non-hydrogen) atoms. The zero-order valence-electron chi connectivity index (χ0n) is 13.7. The summed E-state index contributed by atoms with van der Waals surface area (Å²) < 4.78 is 11.3. The lowest BCUT2D eigenvalue weighted by atomic mass is 10.2. The van der Waals surface area contributed by atoms with Crippen molar-refractivity contribution in [1.82, 2.24) is 0 Å². The molecule has 0 atom stereocenters. The first-order valence-electron chi connectivity index (χ1n) is 7.93. The maximum atomic E-state index is 12.1. The molecule has 1 aromatic carbocycles. The lowest BCUT2D eigenvalue weighted by molar-refractivity contribution is 0.105. The Labute approximate surface area is 155 Å². The summed E-state index contributed by atoms with van der Waals surface area (Å²) in [5, 5.41) is 0.558. The maximum absolute atomic E-state index is 12.1. The van der Waals surface area contributed by atoms with E-state index in [1.807, 2.05) is 30.3 Å². The van der Waals surface area contributed by atoms with Crippen LogP contribution in [0.5, 0.6) is 5.75 Å². The maximum Gasteiger partial charge on any atom is 0.195 e. The standard InChI is InChI=1S/C20H17ClO3S/c1-2-16-10-12-20(25-16)18(22)11-9-14-7-8-15(24-14)13-23-19-6-4-3-5-17(19)21/h3-12H,2,13H2,1H3/b11-9+. The lowest BCUT2D eigenvalue weighted by Gasteiger charge is -2.05. The number of ether oxygens (including phenoxy) is 1. The van der Waals surface area contributed by atoms with E-state index in [1.165, 1.54) is 22.3 Å². The number of para-hydroxylation sites is 1. The van der Waals surface area contributed by atoms with E-state index < -0.39 is 0 Å². The summed E-state index contributed by atoms with van der Waals surface area (Å²) >= 11 is 7.57. The van der Waals surface area contributed by atoms with Gasteiger partial charge in [0, 0.05) is 4.88 Å². The zero-order chi connectivity index (χ0) is 17.6. The van der Waals surface area contributed by atoms with E-state index in [0.717, 1.165) is 11.3 Å². The molecule has 2 heterocycles. The summed E-state index contributed by atoms with van der Waals surface area (Å²) in [6.07, 6.45) is 4.14. The summed E-state index contributed by atoms with van der Waals surface area (Å²) in [5.41, 5.74) is 0. The summed E-state index contributed by atoms with van der Waals surface area (Å²) in [4.78, 5) is 14.1. The van der Waals surface area contributed by atoms with E-state index in [9.17, 15) is 4.79 Å². The van der Waals surface area contributed by atoms with Crippen LogP contribution in [-0.4, -0.2) is 5.78 Å². The molecule has 0 fully saturated rings. The van der Waals surface area contributed by atoms with Gasteiger partial charge in [0.15, 0.2) is 5.78 Å². The fourth-order valence-corrected chi connectivity index (χ4v) is 3.27. The van der Waals surface area contributed by atoms with Gasteiger partial charge in [-0.25, -0.2) is 0 Å². The van der Waals surface area contributed by atoms with Gasteiger partial charge in [0.2, 0.25) is 0 Å². The van der Waals surface area contributed by atoms with Crippen molar-refractivity contribution in [3.63, 3.8) is 0 Å². The Hall–Kier alpha value is -2.30. The van der Waals surface area contributed by atoms with E-state index in [0.29, 0.717) is 22.3 Å². The SMILES string of the molecule is CCc1ccc(C(=O)/C=C/c2ccc(COc3ccccc3Cl)o2)s1. The molecule has 0 aliphatic carbocycles. The van der Waals surface area contributed by atoms with E-state index in [1.54, 1.807) is 24.3 Å². The van der Waals surface area contributed by atoms with E-state index in [4.69, 9.17) is 20.8 Å². The van der Waals surface area contributed by atoms with E-state index in [-0.39, 0.29) is 12.4 Å². The molecule has 3 aromatic rings. The summed E-state index contributed by atoms with van der Waals surface area (Å²) in [6.45, 7) is 2.35. The Morgan fingerprint density at radius 2 is 2.04 bits per heavy atom. The Kier molecular flexibility index (Phi) is 5.74. The minimum atomic E-state index is -0.0185. The first-order valence-corrected chi connectivity index (χ1v) is 9.12. The fourth-order valence-electron chi connectivity index (χ4n) is 2.21. The van der Waals surface area contributed by atoms with Crippen LogP contribution in [0.4, 0.5) is 0 Å². The van der Waals surface area contributed by atoms with Crippen molar-refractivity contribution in [2.75, 3.05) is 0 Å². The molecule has 0 saturated carbocycles. The van der Waals surface area contributed by atoms with Crippen molar-refractivity contribution < 1.29 is 13.9 Å². The quantitative estimate of drug-likeness (QED) is 0.375. The van der Waals surface area contributed by atoms with Crippen molar-refractivity contribution in [2.24, 2.45) is 0 Å². The fraction of sp³-hybridized carbons (Fsp3) is 0.150. The molecule has 128 valence electrons. The highest BCUT2D eigenvalue weighted by Gasteiger charge is 2.07. The molecule has 2 aromatic heterocycles. The van der Waals surface area contributed by atoms with Crippen molar-refractivity contribution in [2.45, 2.75) is 20.0 Å². The second-order valence-corrected chi connectivity index (χ2v) is 6.92. The molecule has 0 spiro atoms. The summed E-state index contributed by atoms with van der Waals surface area (Å²) in [7, 11) is 0. The summed E-state index contributed by atoms with van der Waals surface area (Å²) in [5.74, 6) is 1.86. The highest BCUT2D eigenvalue weighted by atomic mass is 35.5. The zero-order valence-corrected chi connectivity index (χ0v) is 15.3. The minimum absolute atomic E-state index is 0.0185. The minimum Gasteiger partial charge on any atom is -0.484 e. The number of rotatable bonds is 7. The van der Waals surface area contributed by atoms with Gasteiger partial charge in [-0.15, -0.1) is 11.3 Å². The van der Waals surface area contributed by atoms with Gasteiger partial charge in [-0.3, -0.25) is 4.79 Å². The van der Waals surface area contributed by atoms with Gasteiger partial charge in [-0.2, -0.15) is 0 Å². The number of thiophene rings is 1. The number of hydrogen-bond acceptors (Lipinski definition) is 4. The van der Waals surface area contributed by atoms with Gasteiger partial charge in [-0.05, 0) is 55.0 Å². The molecule has 5 heteroatoms. The third-order valence-corrected chi connectivity index (χ3v) is 5.10. The molecule has 0 aliphatic rings. The first kappa shape index (κ1) is 17.5. The second kappa shape index (κ2) is 8.19. The van der Waals surface area contributed by atoms with Crippen LogP contribution in [0.3, 0.4) is 0 Å². The van der Waals surface area contributed by atoms with Crippen LogP contribution in [0.2, 0.25) is 5.02 Å². The van der Waals surface area contributed by atoms with Crippen molar-refractivity contribution in [1.29, 1.82) is 0 Å². The number of carbonyl (C=O) groups is 1. The third-order valence-electron chi connectivity index (χ3n) is 3.54. The third kappa shape index (κ3) is 4.62. The number of hydrogen-bond donors (Lipinski definition) is 0. The van der Waals surface area contributed by atoms with Gasteiger partial charge in [-0.1, -0.05) is 30.7 Å². The summed E-state index contributed by atoms with van der Waals surface area (Å²) in [6, 6.07) is 14.8. The molecule has 0 aliphatic heterocycles. The Balaban J connectivity index is 1.59. The van der Waals surface area contributed by atoms with Gasteiger partial charge in [0.25, 0.3) is 0 Å². The van der Waals surface area contributed by atoms with Crippen LogP contribution < -0.4 is 4.74 Å². The largest absolute Gasteiger partial charge is 0.484 e. The molecular formula is C20H17ClO3S. The van der Waals surface area contributed by atoms with Crippen LogP contribution >= 0.6 is 22.9 Å². The van der Waals surface area contributed by atoms with Gasteiger partial charge in [0.1, 0.15) is 23.9 Å². The Morgan fingerprint density at radius 3 is 2.80 bits per heavy atom. The predicted molar refractivity (Wildman–Crippen MR) is 102 cm³/mol. The van der Waals surface area contributed by atoms with Crippen LogP contribution in [0.1, 0.15) is 33.0 Å². The van der Waals surface area contributed by atoms with Crippen LogP contribution in [0.25, 0.3) is 6.08 Å². The predicted octanol–water partition coefficient (Wildman–Crippen LogP) is 6.03. The number of ketones is 1. The topological polar surface area (TPSA) is 39.4 Å². The van der Waals surface area contributed by atoms with Crippen LogP contribution in [-0.2, 0) is 13.0 Å². The Morgan fingerprint density at radius 1 is 1.20 bits per heavy atom. The van der Waals surface area contributed by atoms with E-state index >= 15 is 0 Å². The van der Waals surface area contributed by atoms with Gasteiger partial charge >= 0.3 is 0 Å². The molecule has 0 unspecified atom stereocenters. The molecule has 3 rings (SSSR count). The van der Waals surface area contributed by atoms with Crippen molar-refractivity contribution >= 4 is 34.8 Å². The number of aryl methyl sites for hydroxylation is 1. The van der Waals surface area contributed by atoms with E-state index in [2.05, 4.69) is 6.92 Å². The Bertz CT molecular complexity index is 892. The van der Waals surface area contributed by atoms with Gasteiger partial charge in [0.05, 0.1) is 9.90 Å². The lowest BCUT2D eigenvalue weighted by Crippen LogP contribution is -1.93. The number of furan rings is 1. The number of halogens is 1. The molecule has 0 bridgehead atoms. The second-order valence-electron chi connectivity index (χ2n) is 5.34. The number of allylic oxidation sites excluding steroid dienone is 1.